The summed E-state index contributed by atoms with van der Waals surface area (Å²) in [5, 5.41) is 10.2. The lowest BCUT2D eigenvalue weighted by Crippen LogP contribution is -2.50. The molecule has 0 bridgehead atoms. The second-order valence-corrected chi connectivity index (χ2v) is 8.23. The maximum Gasteiger partial charge on any atom is 0.0786 e. The smallest absolute Gasteiger partial charge is 0.0786 e. The van der Waals surface area contributed by atoms with Gasteiger partial charge in [0.05, 0.1) is 26.2 Å². The molecular weight excluding hydrogens is 344 g/mol. The Morgan fingerprint density at radius 3 is 1.25 bits per heavy atom. The van der Waals surface area contributed by atoms with E-state index in [0.717, 1.165) is 0 Å². The fourth-order valence-corrected chi connectivity index (χ4v) is 3.81. The highest BCUT2D eigenvalue weighted by Gasteiger charge is 2.25. The van der Waals surface area contributed by atoms with Gasteiger partial charge in [-0.25, -0.2) is 0 Å². The van der Waals surface area contributed by atoms with Crippen molar-refractivity contribution in [1.82, 2.24) is 4.98 Å². The quantitative estimate of drug-likeness (QED) is 0.231. The lowest BCUT2D eigenvalue weighted by Gasteiger charge is -2.39. The maximum atomic E-state index is 10.2. The van der Waals surface area contributed by atoms with Crippen LogP contribution < -0.4 is 5.11 Å². The monoisotopic (exact) mass is 392 g/mol. The Morgan fingerprint density at radius 2 is 1.04 bits per heavy atom. The van der Waals surface area contributed by atoms with E-state index in [9.17, 15) is 5.11 Å². The standard InChI is InChI=1S/C20H44N.C5H5NO/c1-5-9-13-17-21(18-14-10-6-2,19-15-11-7-3)20-16-12-8-4;7-5-3-1-2-4-6-5/h5-20H2,1-4H3;1-4H,(H,6,7)/q+1;/p-1. The summed E-state index contributed by atoms with van der Waals surface area (Å²) in [7, 11) is 0. The highest BCUT2D eigenvalue weighted by Crippen LogP contribution is 2.18. The second-order valence-electron chi connectivity index (χ2n) is 8.23. The molecule has 0 saturated heterocycles. The molecule has 0 aromatic carbocycles. The van der Waals surface area contributed by atoms with Crippen molar-refractivity contribution >= 4 is 0 Å². The highest BCUT2D eigenvalue weighted by atomic mass is 16.3. The molecule has 0 radical (unpaired) electrons. The Labute approximate surface area is 176 Å². The molecular formula is C25H48N2O. The summed E-state index contributed by atoms with van der Waals surface area (Å²) < 4.78 is 1.44. The van der Waals surface area contributed by atoms with E-state index in [1.807, 2.05) is 0 Å². The molecule has 1 aromatic rings. The van der Waals surface area contributed by atoms with E-state index in [1.165, 1.54) is 120 Å². The lowest BCUT2D eigenvalue weighted by atomic mass is 10.1. The Morgan fingerprint density at radius 1 is 0.643 bits per heavy atom. The molecule has 1 rings (SSSR count). The van der Waals surface area contributed by atoms with Crippen molar-refractivity contribution < 1.29 is 9.59 Å². The van der Waals surface area contributed by atoms with Crippen molar-refractivity contribution in [2.24, 2.45) is 0 Å². The van der Waals surface area contributed by atoms with Gasteiger partial charge in [0.15, 0.2) is 0 Å². The molecule has 0 saturated carbocycles. The van der Waals surface area contributed by atoms with E-state index in [1.54, 1.807) is 12.1 Å². The highest BCUT2D eigenvalue weighted by molar-refractivity contribution is 5.04. The van der Waals surface area contributed by atoms with Gasteiger partial charge >= 0.3 is 0 Å². The zero-order valence-corrected chi connectivity index (χ0v) is 19.4. The first-order chi connectivity index (χ1) is 13.6. The lowest BCUT2D eigenvalue weighted by molar-refractivity contribution is -0.929. The number of hydrogen-bond acceptors (Lipinski definition) is 2. The molecule has 0 fully saturated rings. The average molecular weight is 393 g/mol. The predicted octanol–water partition coefficient (Wildman–Crippen LogP) is 6.72. The van der Waals surface area contributed by atoms with Crippen LogP contribution in [0.2, 0.25) is 0 Å². The topological polar surface area (TPSA) is 36.0 Å². The predicted molar refractivity (Wildman–Crippen MR) is 122 cm³/mol. The van der Waals surface area contributed by atoms with E-state index in [2.05, 4.69) is 32.7 Å². The van der Waals surface area contributed by atoms with Gasteiger partial charge in [-0.3, -0.25) is 4.98 Å². The van der Waals surface area contributed by atoms with Crippen LogP contribution in [-0.4, -0.2) is 35.6 Å². The Hall–Kier alpha value is -1.09. The molecule has 28 heavy (non-hydrogen) atoms. The zero-order chi connectivity index (χ0) is 20.9. The van der Waals surface area contributed by atoms with Gasteiger partial charge in [0, 0.05) is 6.20 Å². The summed E-state index contributed by atoms with van der Waals surface area (Å²) in [5.41, 5.74) is 0. The van der Waals surface area contributed by atoms with Gasteiger partial charge < -0.3 is 9.59 Å². The molecule has 0 spiro atoms. The molecule has 0 N–H and O–H groups in total. The van der Waals surface area contributed by atoms with Crippen LogP contribution in [0.15, 0.2) is 24.4 Å². The molecule has 0 aliphatic carbocycles. The summed E-state index contributed by atoms with van der Waals surface area (Å²) in [6.07, 6.45) is 18.4. The molecule has 0 atom stereocenters. The van der Waals surface area contributed by atoms with Crippen LogP contribution in [0.25, 0.3) is 0 Å². The van der Waals surface area contributed by atoms with Gasteiger partial charge in [-0.15, -0.1) is 0 Å². The summed E-state index contributed by atoms with van der Waals surface area (Å²) in [4.78, 5) is 3.42. The fraction of sp³-hybridized carbons (Fsp3) is 0.800. The van der Waals surface area contributed by atoms with Crippen LogP contribution >= 0.6 is 0 Å². The van der Waals surface area contributed by atoms with Crippen LogP contribution in [-0.2, 0) is 0 Å². The van der Waals surface area contributed by atoms with Gasteiger partial charge in [0.1, 0.15) is 0 Å². The van der Waals surface area contributed by atoms with E-state index >= 15 is 0 Å². The first-order valence-corrected chi connectivity index (χ1v) is 12.1. The summed E-state index contributed by atoms with van der Waals surface area (Å²) in [6.45, 7) is 15.1. The average Bonchev–Trinajstić information content (AvgIpc) is 2.70. The Kier molecular flexibility index (Phi) is 18.5. The zero-order valence-electron chi connectivity index (χ0n) is 19.4. The van der Waals surface area contributed by atoms with Crippen molar-refractivity contribution in [1.29, 1.82) is 0 Å². The molecule has 3 nitrogen and oxygen atoms in total. The molecule has 164 valence electrons. The van der Waals surface area contributed by atoms with E-state index in [-0.39, 0.29) is 5.88 Å². The number of hydrogen-bond donors (Lipinski definition) is 0. The number of unbranched alkanes of at least 4 members (excludes halogenated alkanes) is 8. The van der Waals surface area contributed by atoms with Gasteiger partial charge in [0.2, 0.25) is 0 Å². The van der Waals surface area contributed by atoms with Crippen LogP contribution in [0.5, 0.6) is 5.88 Å². The van der Waals surface area contributed by atoms with E-state index < -0.39 is 0 Å². The minimum absolute atomic E-state index is 0.178. The van der Waals surface area contributed by atoms with E-state index in [0.29, 0.717) is 0 Å². The second kappa shape index (κ2) is 19.2. The van der Waals surface area contributed by atoms with Crippen molar-refractivity contribution in [3.8, 4) is 5.88 Å². The summed E-state index contributed by atoms with van der Waals surface area (Å²) in [5.74, 6) is -0.178. The van der Waals surface area contributed by atoms with Gasteiger partial charge in [-0.2, -0.15) is 0 Å². The van der Waals surface area contributed by atoms with Crippen LogP contribution in [0.3, 0.4) is 0 Å². The van der Waals surface area contributed by atoms with Crippen molar-refractivity contribution in [3.63, 3.8) is 0 Å². The third-order valence-electron chi connectivity index (χ3n) is 5.58. The maximum absolute atomic E-state index is 10.2. The summed E-state index contributed by atoms with van der Waals surface area (Å²) >= 11 is 0. The molecule has 0 aliphatic heterocycles. The molecule has 0 amide bonds. The van der Waals surface area contributed by atoms with E-state index in [4.69, 9.17) is 0 Å². The largest absolute Gasteiger partial charge is 0.859 e. The van der Waals surface area contributed by atoms with Gasteiger partial charge in [-0.1, -0.05) is 65.5 Å². The van der Waals surface area contributed by atoms with Gasteiger partial charge in [-0.05, 0) is 63.3 Å². The SMILES string of the molecule is CCCCC[N+](CCCCC)(CCCCC)CCCCC.[O-]c1ccccn1. The number of rotatable bonds is 16. The summed E-state index contributed by atoms with van der Waals surface area (Å²) in [6, 6.07) is 4.79. The third kappa shape index (κ3) is 14.9. The number of pyridine rings is 1. The molecule has 3 heteroatoms. The van der Waals surface area contributed by atoms with Gasteiger partial charge in [0.25, 0.3) is 0 Å². The Balaban J connectivity index is 0.000000861. The van der Waals surface area contributed by atoms with Crippen LogP contribution in [0.1, 0.15) is 105 Å². The minimum Gasteiger partial charge on any atom is -0.859 e. The number of quaternary nitrogens is 1. The van der Waals surface area contributed by atoms with Crippen molar-refractivity contribution in [2.45, 2.75) is 105 Å². The Bertz CT molecular complexity index is 376. The number of aromatic nitrogens is 1. The minimum atomic E-state index is -0.178. The molecule has 1 heterocycles. The molecule has 0 aliphatic rings. The van der Waals surface area contributed by atoms with Crippen molar-refractivity contribution in [3.05, 3.63) is 24.4 Å². The first kappa shape index (κ1) is 26.9. The molecule has 1 aromatic heterocycles. The number of nitrogens with zero attached hydrogens (tertiary/aromatic N) is 2. The molecule has 0 unspecified atom stereocenters. The van der Waals surface area contributed by atoms with Crippen LogP contribution in [0, 0.1) is 0 Å². The third-order valence-corrected chi connectivity index (χ3v) is 5.58. The van der Waals surface area contributed by atoms with Crippen molar-refractivity contribution in [2.75, 3.05) is 26.2 Å². The fourth-order valence-electron chi connectivity index (χ4n) is 3.81. The normalized spacial score (nSPS) is 11.1. The van der Waals surface area contributed by atoms with Crippen LogP contribution in [0.4, 0.5) is 0 Å². The first-order valence-electron chi connectivity index (χ1n) is 12.1.